The van der Waals surface area contributed by atoms with Crippen LogP contribution >= 0.6 is 24.0 Å². The number of nitrogens with two attached hydrogens (primary N) is 1. The number of aliphatic imine (C=N–C) groups is 1. The first-order valence-corrected chi connectivity index (χ1v) is 5.98. The molecule has 0 bridgehead atoms. The largest absolute Gasteiger partial charge is 0.463 e. The summed E-state index contributed by atoms with van der Waals surface area (Å²) in [5.74, 6) is 0.229. The Bertz CT molecular complexity index is 273. The number of guanidine groups is 1. The first-order chi connectivity index (χ1) is 7.70. The molecule has 0 aliphatic carbocycles. The van der Waals surface area contributed by atoms with Crippen molar-refractivity contribution < 1.29 is 9.53 Å². The second-order valence-electron chi connectivity index (χ2n) is 5.28. The molecule has 0 spiro atoms. The topological polar surface area (TPSA) is 76.7 Å². The zero-order valence-electron chi connectivity index (χ0n) is 11.9. The highest BCUT2D eigenvalue weighted by Gasteiger charge is 2.09. The van der Waals surface area contributed by atoms with Crippen LogP contribution in [-0.2, 0) is 9.53 Å². The molecule has 0 heterocycles. The summed E-state index contributed by atoms with van der Waals surface area (Å²) in [6, 6.07) is 0. The molecule has 0 fully saturated rings. The summed E-state index contributed by atoms with van der Waals surface area (Å²) in [5.41, 5.74) is 5.59. The van der Waals surface area contributed by atoms with Gasteiger partial charge in [0.15, 0.2) is 5.96 Å². The number of carbonyl (C=O) groups is 1. The van der Waals surface area contributed by atoms with E-state index in [4.69, 9.17) is 10.5 Å². The van der Waals surface area contributed by atoms with Crippen molar-refractivity contribution >= 4 is 35.9 Å². The Kier molecular flexibility index (Phi) is 10.3. The van der Waals surface area contributed by atoms with Crippen LogP contribution in [0.1, 0.15) is 47.5 Å². The summed E-state index contributed by atoms with van der Waals surface area (Å²) in [7, 11) is 0. The van der Waals surface area contributed by atoms with E-state index in [1.165, 1.54) is 0 Å². The number of esters is 1. The highest BCUT2D eigenvalue weighted by Crippen LogP contribution is 1.99. The lowest BCUT2D eigenvalue weighted by Gasteiger charge is -2.20. The Morgan fingerprint density at radius 3 is 2.39 bits per heavy atom. The molecule has 18 heavy (non-hydrogen) atoms. The predicted molar refractivity (Wildman–Crippen MR) is 85.3 cm³/mol. The van der Waals surface area contributed by atoms with E-state index in [2.05, 4.69) is 10.3 Å². The van der Waals surface area contributed by atoms with E-state index in [-0.39, 0.29) is 41.6 Å². The van der Waals surface area contributed by atoms with Crippen LogP contribution in [0, 0.1) is 0 Å². The molecule has 0 rings (SSSR count). The molecular formula is C12H26IN3O2. The lowest BCUT2D eigenvalue weighted by atomic mass is 10.1. The zero-order valence-corrected chi connectivity index (χ0v) is 14.3. The van der Waals surface area contributed by atoms with Gasteiger partial charge in [0, 0.05) is 18.5 Å². The molecule has 0 aromatic rings. The minimum atomic E-state index is -0.183. The number of hydrogen-bond acceptors (Lipinski definition) is 3. The smallest absolute Gasteiger partial charge is 0.306 e. The van der Waals surface area contributed by atoms with Crippen molar-refractivity contribution in [3.8, 4) is 0 Å². The first kappa shape index (κ1) is 19.8. The Balaban J connectivity index is 0. The van der Waals surface area contributed by atoms with Crippen molar-refractivity contribution in [3.63, 3.8) is 0 Å². The summed E-state index contributed by atoms with van der Waals surface area (Å²) >= 11 is 0. The average molecular weight is 371 g/mol. The maximum absolute atomic E-state index is 11.2. The fraction of sp³-hybridized carbons (Fsp3) is 0.833. The zero-order chi connectivity index (χ0) is 13.5. The molecule has 5 nitrogen and oxygen atoms in total. The van der Waals surface area contributed by atoms with Crippen LogP contribution < -0.4 is 11.1 Å². The second kappa shape index (κ2) is 9.41. The van der Waals surface area contributed by atoms with E-state index in [0.717, 1.165) is 0 Å². The van der Waals surface area contributed by atoms with Gasteiger partial charge in [-0.15, -0.1) is 24.0 Å². The predicted octanol–water partition coefficient (Wildman–Crippen LogP) is 2.04. The average Bonchev–Trinajstić information content (AvgIpc) is 2.08. The lowest BCUT2D eigenvalue weighted by molar-refractivity contribution is -0.147. The van der Waals surface area contributed by atoms with Crippen molar-refractivity contribution in [2.45, 2.75) is 59.1 Å². The van der Waals surface area contributed by atoms with Gasteiger partial charge in [-0.2, -0.15) is 0 Å². The molecule has 0 saturated heterocycles. The number of nitrogens with zero attached hydrogens (tertiary/aromatic N) is 1. The fourth-order valence-corrected chi connectivity index (χ4v) is 1.17. The van der Waals surface area contributed by atoms with E-state index in [1.807, 2.05) is 34.6 Å². The van der Waals surface area contributed by atoms with Gasteiger partial charge in [0.1, 0.15) is 0 Å². The van der Waals surface area contributed by atoms with Gasteiger partial charge in [0.2, 0.25) is 0 Å². The molecule has 108 valence electrons. The Morgan fingerprint density at radius 1 is 1.39 bits per heavy atom. The maximum Gasteiger partial charge on any atom is 0.306 e. The second-order valence-corrected chi connectivity index (χ2v) is 5.28. The van der Waals surface area contributed by atoms with E-state index >= 15 is 0 Å². The highest BCUT2D eigenvalue weighted by molar-refractivity contribution is 14.0. The van der Waals surface area contributed by atoms with Crippen molar-refractivity contribution in [3.05, 3.63) is 0 Å². The van der Waals surface area contributed by atoms with Crippen molar-refractivity contribution in [1.82, 2.24) is 5.32 Å². The van der Waals surface area contributed by atoms with Gasteiger partial charge in [-0.25, -0.2) is 0 Å². The number of halogens is 1. The van der Waals surface area contributed by atoms with Crippen LogP contribution in [0.25, 0.3) is 0 Å². The summed E-state index contributed by atoms with van der Waals surface area (Å²) in [6.45, 7) is 10.2. The van der Waals surface area contributed by atoms with Gasteiger partial charge >= 0.3 is 5.97 Å². The quantitative estimate of drug-likeness (QED) is 0.255. The third-order valence-corrected chi connectivity index (χ3v) is 1.69. The molecule has 0 radical (unpaired) electrons. The van der Waals surface area contributed by atoms with E-state index in [9.17, 15) is 4.79 Å². The standard InChI is InChI=1S/C12H25N3O2.HI/c1-9(2)17-10(16)7-6-8-14-11(13)15-12(3,4)5;/h9H,6-8H2,1-5H3,(H3,13,14,15);1H. The molecule has 0 aromatic carbocycles. The number of nitrogens with one attached hydrogen (secondary N) is 1. The molecule has 0 aliphatic rings. The summed E-state index contributed by atoms with van der Waals surface area (Å²) in [5, 5.41) is 3.05. The minimum absolute atomic E-state index is 0. The van der Waals surface area contributed by atoms with Crippen LogP contribution in [0.5, 0.6) is 0 Å². The SMILES string of the molecule is CC(C)OC(=O)CCCN=C(N)NC(C)(C)C.I. The Hall–Kier alpha value is -0.530. The lowest BCUT2D eigenvalue weighted by Crippen LogP contribution is -2.45. The number of ether oxygens (including phenoxy) is 1. The maximum atomic E-state index is 11.2. The molecule has 6 heteroatoms. The van der Waals surface area contributed by atoms with E-state index in [0.29, 0.717) is 25.3 Å². The molecular weight excluding hydrogens is 345 g/mol. The van der Waals surface area contributed by atoms with Crippen LogP contribution in [0.2, 0.25) is 0 Å². The molecule has 0 unspecified atom stereocenters. The van der Waals surface area contributed by atoms with Crippen LogP contribution in [0.3, 0.4) is 0 Å². The fourth-order valence-electron chi connectivity index (χ4n) is 1.17. The van der Waals surface area contributed by atoms with Gasteiger partial charge in [-0.1, -0.05) is 0 Å². The summed E-state index contributed by atoms with van der Waals surface area (Å²) in [4.78, 5) is 15.3. The van der Waals surface area contributed by atoms with E-state index in [1.54, 1.807) is 0 Å². The highest BCUT2D eigenvalue weighted by atomic mass is 127. The van der Waals surface area contributed by atoms with Crippen molar-refractivity contribution in [1.29, 1.82) is 0 Å². The molecule has 0 aromatic heterocycles. The van der Waals surface area contributed by atoms with Gasteiger partial charge in [0.25, 0.3) is 0 Å². The summed E-state index contributed by atoms with van der Waals surface area (Å²) < 4.78 is 5.00. The van der Waals surface area contributed by atoms with Crippen LogP contribution in [-0.4, -0.2) is 30.1 Å². The first-order valence-electron chi connectivity index (χ1n) is 5.98. The molecule has 3 N–H and O–H groups in total. The third kappa shape index (κ3) is 13.5. The molecule has 0 saturated carbocycles. The van der Waals surface area contributed by atoms with Crippen molar-refractivity contribution in [2.24, 2.45) is 10.7 Å². The van der Waals surface area contributed by atoms with Gasteiger partial charge < -0.3 is 15.8 Å². The third-order valence-electron chi connectivity index (χ3n) is 1.69. The van der Waals surface area contributed by atoms with Crippen LogP contribution in [0.15, 0.2) is 4.99 Å². The van der Waals surface area contributed by atoms with Crippen LogP contribution in [0.4, 0.5) is 0 Å². The molecule has 0 aliphatic heterocycles. The molecule has 0 amide bonds. The normalized spacial score (nSPS) is 12.0. The van der Waals surface area contributed by atoms with Gasteiger partial charge in [0.05, 0.1) is 6.10 Å². The van der Waals surface area contributed by atoms with Crippen molar-refractivity contribution in [2.75, 3.05) is 6.54 Å². The van der Waals surface area contributed by atoms with Gasteiger partial charge in [-0.05, 0) is 41.0 Å². The minimum Gasteiger partial charge on any atom is -0.463 e. The number of hydrogen-bond donors (Lipinski definition) is 2. The molecule has 0 atom stereocenters. The monoisotopic (exact) mass is 371 g/mol. The Morgan fingerprint density at radius 2 is 1.94 bits per heavy atom. The number of rotatable bonds is 5. The number of carbonyl (C=O) groups excluding carboxylic acids is 1. The summed E-state index contributed by atoms with van der Waals surface area (Å²) in [6.07, 6.45) is 0.973. The van der Waals surface area contributed by atoms with Gasteiger partial charge in [-0.3, -0.25) is 9.79 Å². The van der Waals surface area contributed by atoms with E-state index < -0.39 is 0 Å². The Labute approximate surface area is 127 Å².